The van der Waals surface area contributed by atoms with Crippen molar-refractivity contribution in [3.63, 3.8) is 0 Å². The number of hydrogen-bond donors (Lipinski definition) is 1. The molecule has 0 aromatic rings. The van der Waals surface area contributed by atoms with Crippen LogP contribution in [-0.2, 0) is 9.53 Å². The molecule has 2 aliphatic heterocycles. The third kappa shape index (κ3) is 2.07. The van der Waals surface area contributed by atoms with Crippen LogP contribution in [0.4, 0.5) is 0 Å². The first-order valence-corrected chi connectivity index (χ1v) is 6.51. The minimum Gasteiger partial charge on any atom is -0.396 e. The third-order valence-corrected chi connectivity index (χ3v) is 4.36. The summed E-state index contributed by atoms with van der Waals surface area (Å²) >= 11 is 0. The molecule has 1 amide bonds. The van der Waals surface area contributed by atoms with Crippen molar-refractivity contribution in [3.8, 4) is 0 Å². The first-order chi connectivity index (χ1) is 8.31. The van der Waals surface area contributed by atoms with Gasteiger partial charge in [-0.05, 0) is 11.8 Å². The van der Waals surface area contributed by atoms with Gasteiger partial charge in [0.15, 0.2) is 0 Å². The fourth-order valence-corrected chi connectivity index (χ4v) is 3.15. The molecular weight excluding hydrogens is 220 g/mol. The second-order valence-electron chi connectivity index (χ2n) is 5.27. The van der Waals surface area contributed by atoms with Crippen LogP contribution in [0.5, 0.6) is 0 Å². The lowest BCUT2D eigenvalue weighted by atomic mass is 10.2. The van der Waals surface area contributed by atoms with Crippen molar-refractivity contribution in [2.24, 2.45) is 17.8 Å². The minimum atomic E-state index is 0.143. The van der Waals surface area contributed by atoms with Crippen molar-refractivity contribution < 1.29 is 14.6 Å². The number of likely N-dealkylation sites (tertiary alicyclic amines) is 1. The first kappa shape index (κ1) is 11.4. The molecule has 96 valence electrons. The van der Waals surface area contributed by atoms with Gasteiger partial charge in [0.1, 0.15) is 0 Å². The van der Waals surface area contributed by atoms with E-state index in [4.69, 9.17) is 9.84 Å². The van der Waals surface area contributed by atoms with Gasteiger partial charge in [-0.3, -0.25) is 9.69 Å². The number of hydrogen-bond acceptors (Lipinski definition) is 4. The van der Waals surface area contributed by atoms with Crippen LogP contribution in [0.1, 0.15) is 0 Å². The molecule has 3 atom stereocenters. The van der Waals surface area contributed by atoms with Gasteiger partial charge < -0.3 is 14.7 Å². The normalized spacial score (nSPS) is 37.4. The highest BCUT2D eigenvalue weighted by Gasteiger charge is 2.60. The van der Waals surface area contributed by atoms with Crippen LogP contribution < -0.4 is 0 Å². The van der Waals surface area contributed by atoms with Crippen molar-refractivity contribution in [3.05, 3.63) is 0 Å². The summed E-state index contributed by atoms with van der Waals surface area (Å²) in [7, 11) is 0. The summed E-state index contributed by atoms with van der Waals surface area (Å²) in [5.74, 6) is 1.12. The fourth-order valence-electron chi connectivity index (χ4n) is 3.15. The van der Waals surface area contributed by atoms with Gasteiger partial charge in [0, 0.05) is 45.2 Å². The predicted octanol–water partition coefficient (Wildman–Crippen LogP) is -0.985. The standard InChI is InChI=1S/C12H20N2O3/c15-8-10-9-7-14(12(16)11(9)10)2-1-13-3-5-17-6-4-13/h9-11,15H,1-8H2. The largest absolute Gasteiger partial charge is 0.396 e. The number of nitrogens with zero attached hydrogens (tertiary/aromatic N) is 2. The van der Waals surface area contributed by atoms with Gasteiger partial charge in [-0.15, -0.1) is 0 Å². The highest BCUT2D eigenvalue weighted by molar-refractivity contribution is 5.85. The molecule has 0 bridgehead atoms. The molecule has 0 aromatic carbocycles. The van der Waals surface area contributed by atoms with Crippen LogP contribution in [0, 0.1) is 17.8 Å². The maximum absolute atomic E-state index is 12.0. The number of fused-ring (bicyclic) bond motifs is 1. The SMILES string of the molecule is O=C1C2C(CO)C2CN1CCN1CCOCC1. The Morgan fingerprint density at radius 1 is 1.29 bits per heavy atom. The maximum atomic E-state index is 12.0. The topological polar surface area (TPSA) is 53.0 Å². The van der Waals surface area contributed by atoms with Crippen molar-refractivity contribution in [2.75, 3.05) is 52.5 Å². The first-order valence-electron chi connectivity index (χ1n) is 6.51. The molecular formula is C12H20N2O3. The third-order valence-electron chi connectivity index (χ3n) is 4.36. The van der Waals surface area contributed by atoms with E-state index < -0.39 is 0 Å². The molecule has 2 heterocycles. The smallest absolute Gasteiger partial charge is 0.226 e. The van der Waals surface area contributed by atoms with Gasteiger partial charge in [0.25, 0.3) is 0 Å². The number of aliphatic hydroxyl groups is 1. The number of piperidine rings is 1. The molecule has 1 saturated carbocycles. The average molecular weight is 240 g/mol. The van der Waals surface area contributed by atoms with E-state index in [0.717, 1.165) is 45.9 Å². The molecule has 0 spiro atoms. The van der Waals surface area contributed by atoms with Crippen LogP contribution in [-0.4, -0.2) is 73.4 Å². The Morgan fingerprint density at radius 2 is 2.06 bits per heavy atom. The summed E-state index contributed by atoms with van der Waals surface area (Å²) in [6.07, 6.45) is 0. The number of carbonyl (C=O) groups excluding carboxylic acids is 1. The highest BCUT2D eigenvalue weighted by Crippen LogP contribution is 2.51. The molecule has 3 unspecified atom stereocenters. The molecule has 2 saturated heterocycles. The zero-order chi connectivity index (χ0) is 11.8. The van der Waals surface area contributed by atoms with Crippen molar-refractivity contribution in [1.29, 1.82) is 0 Å². The van der Waals surface area contributed by atoms with Crippen molar-refractivity contribution >= 4 is 5.91 Å². The second-order valence-corrected chi connectivity index (χ2v) is 5.27. The van der Waals surface area contributed by atoms with Gasteiger partial charge in [-0.25, -0.2) is 0 Å². The number of aliphatic hydroxyl groups excluding tert-OH is 1. The second kappa shape index (κ2) is 4.55. The quantitative estimate of drug-likeness (QED) is 0.686. The van der Waals surface area contributed by atoms with Crippen LogP contribution in [0.25, 0.3) is 0 Å². The molecule has 5 heteroatoms. The summed E-state index contributed by atoms with van der Waals surface area (Å²) in [6, 6.07) is 0. The Balaban J connectivity index is 1.43. The molecule has 1 N–H and O–H groups in total. The van der Waals surface area contributed by atoms with Gasteiger partial charge in [0.2, 0.25) is 5.91 Å². The van der Waals surface area contributed by atoms with E-state index in [1.807, 2.05) is 4.90 Å². The van der Waals surface area contributed by atoms with Gasteiger partial charge >= 0.3 is 0 Å². The highest BCUT2D eigenvalue weighted by atomic mass is 16.5. The number of amides is 1. The molecule has 1 aliphatic carbocycles. The lowest BCUT2D eigenvalue weighted by Crippen LogP contribution is -2.42. The number of rotatable bonds is 4. The van der Waals surface area contributed by atoms with Crippen LogP contribution in [0.15, 0.2) is 0 Å². The number of ether oxygens (including phenoxy) is 1. The summed E-state index contributed by atoms with van der Waals surface area (Å²) in [5, 5.41) is 9.06. The Bertz CT molecular complexity index is 304. The zero-order valence-corrected chi connectivity index (χ0v) is 10.0. The Morgan fingerprint density at radius 3 is 2.65 bits per heavy atom. The van der Waals surface area contributed by atoms with E-state index in [9.17, 15) is 4.79 Å². The van der Waals surface area contributed by atoms with Crippen LogP contribution in [0.3, 0.4) is 0 Å². The lowest BCUT2D eigenvalue weighted by Gasteiger charge is -2.29. The van der Waals surface area contributed by atoms with E-state index in [1.54, 1.807) is 0 Å². The van der Waals surface area contributed by atoms with Crippen LogP contribution in [0.2, 0.25) is 0 Å². The van der Waals surface area contributed by atoms with E-state index in [2.05, 4.69) is 4.90 Å². The summed E-state index contributed by atoms with van der Waals surface area (Å²) < 4.78 is 5.30. The maximum Gasteiger partial charge on any atom is 0.226 e. The molecule has 3 rings (SSSR count). The Kier molecular flexibility index (Phi) is 3.06. The summed E-state index contributed by atoms with van der Waals surface area (Å²) in [6.45, 7) is 6.42. The lowest BCUT2D eigenvalue weighted by molar-refractivity contribution is -0.131. The van der Waals surface area contributed by atoms with Crippen molar-refractivity contribution in [1.82, 2.24) is 9.80 Å². The monoisotopic (exact) mass is 240 g/mol. The summed E-state index contributed by atoms with van der Waals surface area (Å²) in [5.41, 5.74) is 0. The van der Waals surface area contributed by atoms with Gasteiger partial charge in [0.05, 0.1) is 13.2 Å². The molecule has 3 aliphatic rings. The van der Waals surface area contributed by atoms with E-state index in [1.165, 1.54) is 0 Å². The fraction of sp³-hybridized carbons (Fsp3) is 0.917. The molecule has 0 radical (unpaired) electrons. The predicted molar refractivity (Wildman–Crippen MR) is 61.4 cm³/mol. The molecule has 3 fully saturated rings. The minimum absolute atomic E-state index is 0.143. The summed E-state index contributed by atoms with van der Waals surface area (Å²) in [4.78, 5) is 16.3. The Labute approximate surface area is 101 Å². The number of morpholine rings is 1. The molecule has 17 heavy (non-hydrogen) atoms. The van der Waals surface area contributed by atoms with Crippen molar-refractivity contribution in [2.45, 2.75) is 0 Å². The van der Waals surface area contributed by atoms with E-state index in [-0.39, 0.29) is 24.3 Å². The Hall–Kier alpha value is -0.650. The zero-order valence-electron chi connectivity index (χ0n) is 10.0. The molecule has 0 aromatic heterocycles. The number of carbonyl (C=O) groups is 1. The van der Waals surface area contributed by atoms with Gasteiger partial charge in [-0.1, -0.05) is 0 Å². The average Bonchev–Trinajstić information content (AvgIpc) is 2.98. The van der Waals surface area contributed by atoms with E-state index in [0.29, 0.717) is 5.92 Å². The van der Waals surface area contributed by atoms with Gasteiger partial charge in [-0.2, -0.15) is 0 Å². The van der Waals surface area contributed by atoms with E-state index >= 15 is 0 Å². The molecule has 5 nitrogen and oxygen atoms in total. The van der Waals surface area contributed by atoms with Crippen LogP contribution >= 0.6 is 0 Å².